The SMILES string of the molecule is Oc1cc(F)c(SNc2nccs2)cc1Cl. The van der Waals surface area contributed by atoms with Crippen molar-refractivity contribution < 1.29 is 9.50 Å². The summed E-state index contributed by atoms with van der Waals surface area (Å²) >= 11 is 8.14. The number of thiazole rings is 1. The Morgan fingerprint density at radius 1 is 1.50 bits per heavy atom. The predicted molar refractivity (Wildman–Crippen MR) is 64.7 cm³/mol. The summed E-state index contributed by atoms with van der Waals surface area (Å²) in [5, 5.41) is 11.8. The number of aromatic nitrogens is 1. The molecule has 0 fully saturated rings. The van der Waals surface area contributed by atoms with Crippen LogP contribution in [0.25, 0.3) is 0 Å². The van der Waals surface area contributed by atoms with E-state index >= 15 is 0 Å². The van der Waals surface area contributed by atoms with E-state index in [1.807, 2.05) is 5.38 Å². The second-order valence-corrected chi connectivity index (χ2v) is 4.93. The Labute approximate surface area is 104 Å². The van der Waals surface area contributed by atoms with E-state index in [1.54, 1.807) is 6.20 Å². The maximum Gasteiger partial charge on any atom is 0.192 e. The monoisotopic (exact) mass is 276 g/mol. The van der Waals surface area contributed by atoms with E-state index in [2.05, 4.69) is 9.71 Å². The lowest BCUT2D eigenvalue weighted by Crippen LogP contribution is -1.88. The fourth-order valence-corrected chi connectivity index (χ4v) is 2.47. The predicted octanol–water partition coefficient (Wildman–Crippen LogP) is 3.76. The zero-order chi connectivity index (χ0) is 11.5. The number of anilines is 1. The Hall–Kier alpha value is -0.980. The molecule has 1 heterocycles. The lowest BCUT2D eigenvalue weighted by atomic mass is 10.3. The van der Waals surface area contributed by atoms with E-state index in [9.17, 15) is 4.39 Å². The van der Waals surface area contributed by atoms with E-state index in [4.69, 9.17) is 16.7 Å². The summed E-state index contributed by atoms with van der Waals surface area (Å²) in [5.74, 6) is -0.797. The molecule has 0 saturated heterocycles. The van der Waals surface area contributed by atoms with Crippen LogP contribution in [-0.4, -0.2) is 10.1 Å². The number of halogens is 2. The molecule has 2 aromatic rings. The van der Waals surface area contributed by atoms with Crippen molar-refractivity contribution in [2.24, 2.45) is 0 Å². The van der Waals surface area contributed by atoms with Gasteiger partial charge in [-0.1, -0.05) is 11.6 Å². The van der Waals surface area contributed by atoms with Crippen LogP contribution in [0.15, 0.2) is 28.6 Å². The number of aromatic hydroxyl groups is 1. The molecule has 0 aliphatic rings. The molecule has 1 aromatic carbocycles. The van der Waals surface area contributed by atoms with E-state index in [-0.39, 0.29) is 10.8 Å². The fourth-order valence-electron chi connectivity index (χ4n) is 0.969. The molecule has 2 N–H and O–H groups in total. The number of benzene rings is 1. The first-order valence-electron chi connectivity index (χ1n) is 4.17. The highest BCUT2D eigenvalue weighted by Crippen LogP contribution is 2.32. The molecule has 16 heavy (non-hydrogen) atoms. The molecule has 0 amide bonds. The van der Waals surface area contributed by atoms with Crippen LogP contribution in [0.5, 0.6) is 5.75 Å². The Morgan fingerprint density at radius 3 is 3.00 bits per heavy atom. The highest BCUT2D eigenvalue weighted by atomic mass is 35.5. The maximum atomic E-state index is 13.4. The van der Waals surface area contributed by atoms with Gasteiger partial charge in [0, 0.05) is 17.6 Å². The molecule has 7 heteroatoms. The average Bonchev–Trinajstić information content (AvgIpc) is 2.74. The summed E-state index contributed by atoms with van der Waals surface area (Å²) in [6.07, 6.45) is 1.65. The summed E-state index contributed by atoms with van der Waals surface area (Å²) in [6.45, 7) is 0. The molecule has 3 nitrogen and oxygen atoms in total. The van der Waals surface area contributed by atoms with E-state index in [1.165, 1.54) is 17.4 Å². The smallest absolute Gasteiger partial charge is 0.192 e. The highest BCUT2D eigenvalue weighted by Gasteiger charge is 2.09. The maximum absolute atomic E-state index is 13.4. The van der Waals surface area contributed by atoms with Gasteiger partial charge in [0.15, 0.2) is 5.13 Å². The number of hydrogen-bond acceptors (Lipinski definition) is 5. The minimum absolute atomic E-state index is 0.116. The van der Waals surface area contributed by atoms with Gasteiger partial charge >= 0.3 is 0 Å². The highest BCUT2D eigenvalue weighted by molar-refractivity contribution is 8.00. The van der Waals surface area contributed by atoms with Crippen LogP contribution < -0.4 is 4.72 Å². The molecule has 0 radical (unpaired) electrons. The van der Waals surface area contributed by atoms with Crippen LogP contribution in [0.1, 0.15) is 0 Å². The summed E-state index contributed by atoms with van der Waals surface area (Å²) in [5.41, 5.74) is 0. The molecule has 0 aliphatic carbocycles. The molecule has 1 aromatic heterocycles. The van der Waals surface area contributed by atoms with Crippen LogP contribution in [0, 0.1) is 5.82 Å². The van der Waals surface area contributed by atoms with Gasteiger partial charge in [-0.25, -0.2) is 9.37 Å². The zero-order valence-electron chi connectivity index (χ0n) is 7.78. The summed E-state index contributed by atoms with van der Waals surface area (Å²) < 4.78 is 16.2. The van der Waals surface area contributed by atoms with Gasteiger partial charge in [-0.3, -0.25) is 0 Å². The van der Waals surface area contributed by atoms with Gasteiger partial charge in [0.2, 0.25) is 0 Å². The standard InChI is InChI=1S/C9H6ClFN2OS2/c10-5-3-8(6(11)4-7(5)14)16-13-9-12-1-2-15-9/h1-4,14H,(H,12,13). The van der Waals surface area contributed by atoms with Crippen molar-refractivity contribution in [3.63, 3.8) is 0 Å². The van der Waals surface area contributed by atoms with Crippen molar-refractivity contribution in [2.75, 3.05) is 4.72 Å². The quantitative estimate of drug-likeness (QED) is 0.838. The van der Waals surface area contributed by atoms with Crippen LogP contribution in [0.3, 0.4) is 0 Å². The minimum Gasteiger partial charge on any atom is -0.506 e. The van der Waals surface area contributed by atoms with Crippen molar-refractivity contribution in [3.8, 4) is 5.75 Å². The van der Waals surface area contributed by atoms with Gasteiger partial charge in [-0.2, -0.15) is 0 Å². The van der Waals surface area contributed by atoms with Crippen molar-refractivity contribution in [3.05, 3.63) is 34.5 Å². The lowest BCUT2D eigenvalue weighted by molar-refractivity contribution is 0.467. The molecule has 84 valence electrons. The van der Waals surface area contributed by atoms with Crippen LogP contribution in [0.2, 0.25) is 5.02 Å². The Bertz CT molecular complexity index is 493. The normalized spacial score (nSPS) is 10.4. The third kappa shape index (κ3) is 2.58. The number of nitrogens with zero attached hydrogens (tertiary/aromatic N) is 1. The number of nitrogens with one attached hydrogen (secondary N) is 1. The zero-order valence-corrected chi connectivity index (χ0v) is 10.2. The summed E-state index contributed by atoms with van der Waals surface area (Å²) in [6, 6.07) is 2.34. The number of hydrogen-bond donors (Lipinski definition) is 2. The van der Waals surface area contributed by atoms with Gasteiger partial charge in [0.25, 0.3) is 0 Å². The topological polar surface area (TPSA) is 45.1 Å². The molecule has 0 atom stereocenters. The van der Waals surface area contributed by atoms with Crippen molar-refractivity contribution >= 4 is 40.0 Å². The lowest BCUT2D eigenvalue weighted by Gasteiger charge is -2.05. The first-order valence-corrected chi connectivity index (χ1v) is 6.24. The van der Waals surface area contributed by atoms with Crippen molar-refractivity contribution in [1.82, 2.24) is 4.98 Å². The van der Waals surface area contributed by atoms with Gasteiger partial charge in [-0.15, -0.1) is 11.3 Å². The van der Waals surface area contributed by atoms with Gasteiger partial charge in [-0.05, 0) is 18.0 Å². The van der Waals surface area contributed by atoms with Gasteiger partial charge < -0.3 is 9.83 Å². The second kappa shape index (κ2) is 4.90. The molecule has 2 rings (SSSR count). The molecule has 0 saturated carbocycles. The van der Waals surface area contributed by atoms with Crippen LogP contribution in [-0.2, 0) is 0 Å². The average molecular weight is 277 g/mol. The Kier molecular flexibility index (Phi) is 3.52. The molecule has 0 bridgehead atoms. The molecular formula is C9H6ClFN2OS2. The van der Waals surface area contributed by atoms with E-state index < -0.39 is 5.82 Å². The van der Waals surface area contributed by atoms with E-state index in [0.717, 1.165) is 18.0 Å². The molecule has 0 unspecified atom stereocenters. The Balaban J connectivity index is 2.12. The van der Waals surface area contributed by atoms with Crippen molar-refractivity contribution in [2.45, 2.75) is 4.90 Å². The number of phenols is 1. The number of phenolic OH excluding ortho intramolecular Hbond substituents is 1. The first kappa shape index (κ1) is 11.5. The first-order chi connectivity index (χ1) is 7.66. The van der Waals surface area contributed by atoms with Gasteiger partial charge in [0.05, 0.1) is 9.92 Å². The van der Waals surface area contributed by atoms with Gasteiger partial charge in [0.1, 0.15) is 11.6 Å². The number of rotatable bonds is 3. The fraction of sp³-hybridized carbons (Fsp3) is 0. The largest absolute Gasteiger partial charge is 0.506 e. The minimum atomic E-state index is -0.532. The second-order valence-electron chi connectivity index (χ2n) is 2.78. The summed E-state index contributed by atoms with van der Waals surface area (Å²) in [4.78, 5) is 4.29. The molecule has 0 aliphatic heterocycles. The van der Waals surface area contributed by atoms with Crippen molar-refractivity contribution in [1.29, 1.82) is 0 Å². The third-order valence-corrected chi connectivity index (χ3v) is 3.63. The Morgan fingerprint density at radius 2 is 2.31 bits per heavy atom. The van der Waals surface area contributed by atoms with Crippen LogP contribution >= 0.6 is 34.9 Å². The van der Waals surface area contributed by atoms with Crippen LogP contribution in [0.4, 0.5) is 9.52 Å². The third-order valence-electron chi connectivity index (χ3n) is 1.68. The van der Waals surface area contributed by atoms with E-state index in [0.29, 0.717) is 10.0 Å². The molecular weight excluding hydrogens is 271 g/mol. The summed E-state index contributed by atoms with van der Waals surface area (Å²) in [7, 11) is 0. The molecule has 0 spiro atoms.